The Balaban J connectivity index is 1.73. The fourth-order valence-corrected chi connectivity index (χ4v) is 5.47. The SMILES string of the molecule is COC(=O)C1=C(C(=O)O)N2C(=O)[C@@H](NC(=O)Cc3ccccc3)[C@H]2C[Se]1. The summed E-state index contributed by atoms with van der Waals surface area (Å²) in [6, 6.07) is 7.90. The zero-order chi connectivity index (χ0) is 18.8. The average Bonchev–Trinajstić information content (AvgIpc) is 2.64. The third-order valence-corrected chi connectivity index (χ3v) is 6.60. The molecule has 1 fully saturated rings. The minimum absolute atomic E-state index is 0.0335. The number of benzene rings is 1. The van der Waals surface area contributed by atoms with E-state index in [9.17, 15) is 24.3 Å². The Labute approximate surface area is 155 Å². The summed E-state index contributed by atoms with van der Waals surface area (Å²) in [5.74, 6) is -2.91. The fourth-order valence-electron chi connectivity index (χ4n) is 2.95. The number of β-lactam (4-membered cyclic amide) rings is 1. The number of carbonyl (C=O) groups is 4. The van der Waals surface area contributed by atoms with Crippen LogP contribution in [0.5, 0.6) is 0 Å². The minimum atomic E-state index is -1.35. The number of fused-ring (bicyclic) bond motifs is 1. The molecule has 3 rings (SSSR count). The number of carboxylic acids is 1. The Hall–Kier alpha value is -2.64. The molecule has 0 bridgehead atoms. The van der Waals surface area contributed by atoms with Crippen LogP contribution in [-0.2, 0) is 30.3 Å². The average molecular weight is 423 g/mol. The molecule has 0 spiro atoms. The van der Waals surface area contributed by atoms with E-state index in [0.29, 0.717) is 5.32 Å². The number of amides is 2. The van der Waals surface area contributed by atoms with Gasteiger partial charge in [-0.1, -0.05) is 0 Å². The Morgan fingerprint density at radius 1 is 1.31 bits per heavy atom. The molecule has 2 aliphatic heterocycles. The van der Waals surface area contributed by atoms with Crippen LogP contribution in [0.4, 0.5) is 0 Å². The van der Waals surface area contributed by atoms with Gasteiger partial charge in [-0.3, -0.25) is 0 Å². The van der Waals surface area contributed by atoms with E-state index in [1.165, 1.54) is 7.11 Å². The Morgan fingerprint density at radius 2 is 2.00 bits per heavy atom. The van der Waals surface area contributed by atoms with Gasteiger partial charge in [0.05, 0.1) is 0 Å². The van der Waals surface area contributed by atoms with Crippen molar-refractivity contribution in [2.24, 2.45) is 0 Å². The first-order chi connectivity index (χ1) is 12.4. The van der Waals surface area contributed by atoms with E-state index < -0.39 is 44.9 Å². The van der Waals surface area contributed by atoms with Crippen molar-refractivity contribution in [1.29, 1.82) is 0 Å². The first-order valence-corrected chi connectivity index (χ1v) is 9.86. The third kappa shape index (κ3) is 3.23. The van der Waals surface area contributed by atoms with Gasteiger partial charge in [0.1, 0.15) is 0 Å². The van der Waals surface area contributed by atoms with Crippen molar-refractivity contribution < 1.29 is 29.0 Å². The summed E-state index contributed by atoms with van der Waals surface area (Å²) < 4.78 is 4.65. The molecule has 2 heterocycles. The second-order valence-electron chi connectivity index (χ2n) is 5.77. The van der Waals surface area contributed by atoms with Gasteiger partial charge in [-0.2, -0.15) is 0 Å². The van der Waals surface area contributed by atoms with Crippen molar-refractivity contribution >= 4 is 38.7 Å². The van der Waals surface area contributed by atoms with Gasteiger partial charge in [-0.15, -0.1) is 0 Å². The number of hydrogen-bond acceptors (Lipinski definition) is 5. The fraction of sp³-hybridized carbons (Fsp3) is 0.294. The van der Waals surface area contributed by atoms with Crippen LogP contribution < -0.4 is 5.32 Å². The van der Waals surface area contributed by atoms with Crippen LogP contribution in [0.25, 0.3) is 0 Å². The number of methoxy groups -OCH3 is 1. The van der Waals surface area contributed by atoms with Crippen LogP contribution in [-0.4, -0.2) is 67.9 Å². The summed E-state index contributed by atoms with van der Waals surface area (Å²) in [6.07, 6.45) is 0.136. The number of ether oxygens (including phenoxy) is 1. The normalized spacial score (nSPS) is 21.6. The standard InChI is InChI=1S/C17H16N2O6Se/c1-25-17(24)14-13(16(22)23)19-10(8-26-14)12(15(19)21)18-11(20)7-9-5-3-2-4-6-9/h2-6,10,12H,7-8H2,1H3,(H,18,20)(H,22,23)/t10-,12+/m1/s1. The predicted molar refractivity (Wildman–Crippen MR) is 89.9 cm³/mol. The number of hydrogen-bond donors (Lipinski definition) is 2. The van der Waals surface area contributed by atoms with E-state index in [1.54, 1.807) is 0 Å². The Kier molecular flexibility index (Phi) is 5.10. The molecule has 26 heavy (non-hydrogen) atoms. The number of rotatable bonds is 5. The molecule has 0 unspecified atom stereocenters. The van der Waals surface area contributed by atoms with E-state index in [4.69, 9.17) is 0 Å². The number of nitrogens with zero attached hydrogens (tertiary/aromatic N) is 1. The maximum absolute atomic E-state index is 12.4. The molecule has 2 aliphatic rings. The summed E-state index contributed by atoms with van der Waals surface area (Å²) in [7, 11) is 1.17. The second kappa shape index (κ2) is 7.31. The molecule has 1 aromatic rings. The van der Waals surface area contributed by atoms with Crippen LogP contribution in [0.3, 0.4) is 0 Å². The van der Waals surface area contributed by atoms with Crippen LogP contribution in [0, 0.1) is 0 Å². The van der Waals surface area contributed by atoms with Gasteiger partial charge in [0.15, 0.2) is 0 Å². The summed E-state index contributed by atoms with van der Waals surface area (Å²) in [4.78, 5) is 49.1. The first kappa shape index (κ1) is 18.2. The van der Waals surface area contributed by atoms with Gasteiger partial charge in [-0.05, 0) is 0 Å². The van der Waals surface area contributed by atoms with Gasteiger partial charge < -0.3 is 0 Å². The number of carboxylic acid groups (broad SMARTS) is 1. The third-order valence-electron chi connectivity index (χ3n) is 4.17. The van der Waals surface area contributed by atoms with Crippen molar-refractivity contribution in [3.05, 3.63) is 46.1 Å². The molecule has 8 nitrogen and oxygen atoms in total. The van der Waals surface area contributed by atoms with Gasteiger partial charge in [0, 0.05) is 0 Å². The molecule has 136 valence electrons. The zero-order valence-electron chi connectivity index (χ0n) is 13.8. The van der Waals surface area contributed by atoms with Crippen molar-refractivity contribution in [3.63, 3.8) is 0 Å². The summed E-state index contributed by atoms with van der Waals surface area (Å²) in [5.41, 5.74) is 0.493. The Bertz CT molecular complexity index is 807. The van der Waals surface area contributed by atoms with E-state index in [1.807, 2.05) is 30.3 Å². The van der Waals surface area contributed by atoms with E-state index in [-0.39, 0.29) is 22.5 Å². The molecule has 2 amide bonds. The number of carbonyl (C=O) groups excluding carboxylic acids is 3. The van der Waals surface area contributed by atoms with Crippen molar-refractivity contribution in [1.82, 2.24) is 10.2 Å². The molecular formula is C17H16N2O6Se. The quantitative estimate of drug-likeness (QED) is 0.376. The van der Waals surface area contributed by atoms with Crippen LogP contribution >= 0.6 is 0 Å². The van der Waals surface area contributed by atoms with Gasteiger partial charge in [0.2, 0.25) is 0 Å². The molecule has 0 aliphatic carbocycles. The van der Waals surface area contributed by atoms with Gasteiger partial charge in [0.25, 0.3) is 0 Å². The summed E-state index contributed by atoms with van der Waals surface area (Å²) in [5, 5.41) is 12.5. The predicted octanol–water partition coefficient (Wildman–Crippen LogP) is -0.470. The molecule has 2 atom stereocenters. The van der Waals surface area contributed by atoms with Crippen LogP contribution in [0.2, 0.25) is 5.32 Å². The maximum atomic E-state index is 12.4. The molecule has 1 aromatic carbocycles. The molecule has 2 N–H and O–H groups in total. The van der Waals surface area contributed by atoms with Crippen LogP contribution in [0.1, 0.15) is 5.56 Å². The second-order valence-corrected chi connectivity index (χ2v) is 7.93. The summed E-state index contributed by atoms with van der Waals surface area (Å²) >= 11 is -0.453. The van der Waals surface area contributed by atoms with Gasteiger partial charge in [-0.25, -0.2) is 0 Å². The van der Waals surface area contributed by atoms with Crippen molar-refractivity contribution in [2.75, 3.05) is 7.11 Å². The summed E-state index contributed by atoms with van der Waals surface area (Å²) in [6.45, 7) is 0. The Morgan fingerprint density at radius 3 is 2.62 bits per heavy atom. The number of nitrogens with one attached hydrogen (secondary N) is 1. The molecule has 0 radical (unpaired) electrons. The molecule has 1 saturated heterocycles. The molecule has 0 saturated carbocycles. The van der Waals surface area contributed by atoms with Crippen molar-refractivity contribution in [2.45, 2.75) is 23.8 Å². The van der Waals surface area contributed by atoms with E-state index >= 15 is 0 Å². The zero-order valence-corrected chi connectivity index (χ0v) is 15.5. The topological polar surface area (TPSA) is 113 Å². The van der Waals surface area contributed by atoms with E-state index in [0.717, 1.165) is 10.5 Å². The monoisotopic (exact) mass is 424 g/mol. The molecule has 9 heteroatoms. The molecular weight excluding hydrogens is 407 g/mol. The number of esters is 1. The van der Waals surface area contributed by atoms with Crippen LogP contribution in [0.15, 0.2) is 40.5 Å². The van der Waals surface area contributed by atoms with Crippen molar-refractivity contribution in [3.8, 4) is 0 Å². The number of aliphatic carboxylic acids is 1. The molecule has 0 aromatic heterocycles. The van der Waals surface area contributed by atoms with E-state index in [2.05, 4.69) is 10.1 Å². The first-order valence-electron chi connectivity index (χ1n) is 7.79. The van der Waals surface area contributed by atoms with Gasteiger partial charge >= 0.3 is 155 Å².